The van der Waals surface area contributed by atoms with Crippen LogP contribution in [0, 0.1) is 11.3 Å². The van der Waals surface area contributed by atoms with Crippen LogP contribution in [0.5, 0.6) is 0 Å². The molecule has 2 rings (SSSR count). The average Bonchev–Trinajstić information content (AvgIpc) is 2.39. The average molecular weight is 286 g/mol. The number of alkyl halides is 1. The van der Waals surface area contributed by atoms with Crippen molar-refractivity contribution in [2.24, 2.45) is 11.3 Å². The van der Waals surface area contributed by atoms with E-state index in [2.05, 4.69) is 19.2 Å². The lowest BCUT2D eigenvalue weighted by Crippen LogP contribution is -2.55. The van der Waals surface area contributed by atoms with Gasteiger partial charge in [-0.15, -0.1) is 11.6 Å². The van der Waals surface area contributed by atoms with Crippen LogP contribution >= 0.6 is 11.6 Å². The van der Waals surface area contributed by atoms with Crippen LogP contribution in [0.3, 0.4) is 0 Å². The van der Waals surface area contributed by atoms with Gasteiger partial charge in [0.05, 0.1) is 5.54 Å². The molecular formula is C16H28ClNO. The lowest BCUT2D eigenvalue weighted by molar-refractivity contribution is -0.132. The van der Waals surface area contributed by atoms with Crippen molar-refractivity contribution in [2.45, 2.75) is 77.2 Å². The van der Waals surface area contributed by atoms with Gasteiger partial charge in [-0.05, 0) is 31.1 Å². The molecule has 2 aliphatic rings. The molecule has 2 nitrogen and oxygen atoms in total. The van der Waals surface area contributed by atoms with E-state index in [0.717, 1.165) is 19.3 Å². The van der Waals surface area contributed by atoms with Gasteiger partial charge in [0.1, 0.15) is 0 Å². The van der Waals surface area contributed by atoms with Crippen molar-refractivity contribution >= 4 is 17.5 Å². The van der Waals surface area contributed by atoms with Crippen molar-refractivity contribution in [2.75, 3.05) is 5.88 Å². The van der Waals surface area contributed by atoms with E-state index in [9.17, 15) is 4.79 Å². The highest BCUT2D eigenvalue weighted by Crippen LogP contribution is 2.41. The molecule has 0 heterocycles. The van der Waals surface area contributed by atoms with Gasteiger partial charge in [0.2, 0.25) is 5.91 Å². The molecule has 0 aromatic carbocycles. The van der Waals surface area contributed by atoms with Crippen LogP contribution in [-0.2, 0) is 4.79 Å². The van der Waals surface area contributed by atoms with E-state index in [4.69, 9.17) is 11.6 Å². The zero-order valence-electron chi connectivity index (χ0n) is 12.4. The first-order valence-electron chi connectivity index (χ1n) is 7.87. The summed E-state index contributed by atoms with van der Waals surface area (Å²) in [5.41, 5.74) is 0.0227. The van der Waals surface area contributed by atoms with Crippen molar-refractivity contribution in [3.8, 4) is 0 Å². The molecule has 0 aliphatic heterocycles. The van der Waals surface area contributed by atoms with Gasteiger partial charge in [0.15, 0.2) is 0 Å². The molecule has 1 amide bonds. The first kappa shape index (κ1) is 15.2. The number of amides is 1. The largest absolute Gasteiger partial charge is 0.349 e. The summed E-state index contributed by atoms with van der Waals surface area (Å²) >= 11 is 6.18. The summed E-state index contributed by atoms with van der Waals surface area (Å²) in [5.74, 6) is 0.988. The molecule has 2 saturated carbocycles. The number of rotatable bonds is 3. The van der Waals surface area contributed by atoms with Gasteiger partial charge in [-0.2, -0.15) is 0 Å². The zero-order valence-corrected chi connectivity index (χ0v) is 13.2. The number of hydrogen-bond acceptors (Lipinski definition) is 1. The minimum Gasteiger partial charge on any atom is -0.349 e. The van der Waals surface area contributed by atoms with Crippen LogP contribution in [0.15, 0.2) is 0 Å². The molecule has 110 valence electrons. The van der Waals surface area contributed by atoms with Crippen LogP contribution in [0.25, 0.3) is 0 Å². The SMILES string of the molecule is CC1(C)CCCCC1C(=O)NC1(CCl)CCCCC1. The Balaban J connectivity index is 2.02. The molecule has 0 radical (unpaired) electrons. The standard InChI is InChI=1S/C16H28ClNO/c1-15(2)9-7-4-8-13(15)14(19)18-16(12-17)10-5-3-6-11-16/h13H,3-12H2,1-2H3,(H,18,19). The highest BCUT2D eigenvalue weighted by Gasteiger charge is 2.41. The van der Waals surface area contributed by atoms with Gasteiger partial charge in [-0.3, -0.25) is 4.79 Å². The van der Waals surface area contributed by atoms with Gasteiger partial charge in [-0.25, -0.2) is 0 Å². The molecule has 0 bridgehead atoms. The molecule has 1 unspecified atom stereocenters. The van der Waals surface area contributed by atoms with E-state index in [-0.39, 0.29) is 22.8 Å². The van der Waals surface area contributed by atoms with Crippen LogP contribution in [0.4, 0.5) is 0 Å². The lowest BCUT2D eigenvalue weighted by Gasteiger charge is -2.42. The maximum atomic E-state index is 12.7. The Bertz CT molecular complexity index is 321. The van der Waals surface area contributed by atoms with Gasteiger partial charge in [-0.1, -0.05) is 46.0 Å². The van der Waals surface area contributed by atoms with Gasteiger partial charge < -0.3 is 5.32 Å². The number of halogens is 1. The molecule has 19 heavy (non-hydrogen) atoms. The zero-order chi connectivity index (χ0) is 13.9. The third-order valence-electron chi connectivity index (χ3n) is 5.28. The molecule has 0 aromatic heterocycles. The molecule has 2 aliphatic carbocycles. The Kier molecular flexibility index (Phi) is 4.81. The third-order valence-corrected chi connectivity index (χ3v) is 5.79. The second-order valence-electron chi connectivity index (χ2n) is 7.25. The summed E-state index contributed by atoms with van der Waals surface area (Å²) in [6.45, 7) is 4.48. The topological polar surface area (TPSA) is 29.1 Å². The Morgan fingerprint density at radius 3 is 2.32 bits per heavy atom. The van der Waals surface area contributed by atoms with Crippen molar-refractivity contribution in [1.29, 1.82) is 0 Å². The van der Waals surface area contributed by atoms with Crippen molar-refractivity contribution < 1.29 is 4.79 Å². The van der Waals surface area contributed by atoms with Crippen molar-refractivity contribution in [3.63, 3.8) is 0 Å². The molecule has 2 fully saturated rings. The summed E-state index contributed by atoms with van der Waals surface area (Å²) in [7, 11) is 0. The van der Waals surface area contributed by atoms with E-state index < -0.39 is 0 Å². The quantitative estimate of drug-likeness (QED) is 0.771. The molecule has 0 spiro atoms. The lowest BCUT2D eigenvalue weighted by atomic mass is 9.68. The van der Waals surface area contributed by atoms with Gasteiger partial charge in [0, 0.05) is 11.8 Å². The Morgan fingerprint density at radius 1 is 1.11 bits per heavy atom. The fourth-order valence-electron chi connectivity index (χ4n) is 3.85. The molecule has 1 N–H and O–H groups in total. The highest BCUT2D eigenvalue weighted by molar-refractivity contribution is 6.18. The maximum Gasteiger partial charge on any atom is 0.224 e. The van der Waals surface area contributed by atoms with Crippen LogP contribution < -0.4 is 5.32 Å². The van der Waals surface area contributed by atoms with Gasteiger partial charge in [0.25, 0.3) is 0 Å². The smallest absolute Gasteiger partial charge is 0.224 e. The third kappa shape index (κ3) is 3.45. The fraction of sp³-hybridized carbons (Fsp3) is 0.938. The second-order valence-corrected chi connectivity index (χ2v) is 7.52. The van der Waals surface area contributed by atoms with Crippen LogP contribution in [0.2, 0.25) is 0 Å². The molecule has 0 saturated heterocycles. The van der Waals surface area contributed by atoms with Crippen LogP contribution in [-0.4, -0.2) is 17.3 Å². The van der Waals surface area contributed by atoms with E-state index in [1.54, 1.807) is 0 Å². The summed E-state index contributed by atoms with van der Waals surface area (Å²) in [5, 5.41) is 3.34. The number of nitrogens with one attached hydrogen (secondary N) is 1. The molecular weight excluding hydrogens is 258 g/mol. The summed E-state index contributed by atoms with van der Waals surface area (Å²) in [6.07, 6.45) is 10.4. The molecule has 1 atom stereocenters. The van der Waals surface area contributed by atoms with E-state index in [1.807, 2.05) is 0 Å². The minimum absolute atomic E-state index is 0.121. The monoisotopic (exact) mass is 285 g/mol. The van der Waals surface area contributed by atoms with Crippen molar-refractivity contribution in [3.05, 3.63) is 0 Å². The van der Waals surface area contributed by atoms with E-state index >= 15 is 0 Å². The maximum absolute atomic E-state index is 12.7. The summed E-state index contributed by atoms with van der Waals surface area (Å²) < 4.78 is 0. The van der Waals surface area contributed by atoms with Crippen molar-refractivity contribution in [1.82, 2.24) is 5.32 Å². The number of carbonyl (C=O) groups excluding carboxylic acids is 1. The predicted molar refractivity (Wildman–Crippen MR) is 80.4 cm³/mol. The Morgan fingerprint density at radius 2 is 1.74 bits per heavy atom. The highest BCUT2D eigenvalue weighted by atomic mass is 35.5. The van der Waals surface area contributed by atoms with Gasteiger partial charge >= 0.3 is 0 Å². The normalized spacial score (nSPS) is 29.7. The predicted octanol–water partition coefficient (Wildman–Crippen LogP) is 4.26. The number of carbonyl (C=O) groups is 1. The Hall–Kier alpha value is -0.240. The molecule has 0 aromatic rings. The minimum atomic E-state index is -0.121. The summed E-state index contributed by atoms with van der Waals surface area (Å²) in [6, 6.07) is 0. The van der Waals surface area contributed by atoms with E-state index in [0.29, 0.717) is 5.88 Å². The fourth-order valence-corrected chi connectivity index (χ4v) is 4.18. The van der Waals surface area contributed by atoms with E-state index in [1.165, 1.54) is 38.5 Å². The molecule has 3 heteroatoms. The second kappa shape index (κ2) is 6.03. The number of hydrogen-bond donors (Lipinski definition) is 1. The first-order valence-corrected chi connectivity index (χ1v) is 8.41. The summed E-state index contributed by atoms with van der Waals surface area (Å²) in [4.78, 5) is 12.7. The Labute approximate surface area is 122 Å². The first-order chi connectivity index (χ1) is 8.99. The van der Waals surface area contributed by atoms with Crippen LogP contribution in [0.1, 0.15) is 71.6 Å².